The molecule has 0 aliphatic carbocycles. The summed E-state index contributed by atoms with van der Waals surface area (Å²) in [4.78, 5) is 19.9. The molecule has 1 fully saturated rings. The van der Waals surface area contributed by atoms with E-state index in [1.54, 1.807) is 29.3 Å². The molecule has 0 bridgehead atoms. The number of benzene rings is 1. The maximum absolute atomic E-state index is 13.7. The summed E-state index contributed by atoms with van der Waals surface area (Å²) >= 11 is 7.69. The third-order valence-corrected chi connectivity index (χ3v) is 5.68. The van der Waals surface area contributed by atoms with Crippen LogP contribution in [0.4, 0.5) is 20.3 Å². The average Bonchev–Trinajstić information content (AvgIpc) is 2.77. The zero-order valence-electron chi connectivity index (χ0n) is 14.8. The molecule has 1 N–H and O–H groups in total. The van der Waals surface area contributed by atoms with Gasteiger partial charge >= 0.3 is 0 Å². The molecule has 0 radical (unpaired) electrons. The highest BCUT2D eigenvalue weighted by Crippen LogP contribution is 2.33. The lowest BCUT2D eigenvalue weighted by Crippen LogP contribution is -2.30. The van der Waals surface area contributed by atoms with Gasteiger partial charge in [-0.25, -0.2) is 13.8 Å². The molecule has 144 valence electrons. The number of thiol groups is 1. The minimum atomic E-state index is -2.67. The maximum Gasteiger partial charge on any atom is 0.259 e. The first-order valence-corrected chi connectivity index (χ1v) is 9.89. The van der Waals surface area contributed by atoms with Crippen LogP contribution in [-0.2, 0) is 0 Å². The number of carbonyl (C=O) groups is 1. The van der Waals surface area contributed by atoms with E-state index in [0.29, 0.717) is 34.5 Å². The molecule has 1 aromatic heterocycles. The van der Waals surface area contributed by atoms with E-state index in [9.17, 15) is 13.6 Å². The standard InChI is InChI=1S/C19H20BrF2N3OS/c1-12-15(20)11-23-17(25-8-3-6-19(21,22)7-9-25)16(12)18(26)24-13-4-2-5-14(27)10-13/h2,4-5,10-11,27H,3,6-9H2,1H3,(H,24,26). The topological polar surface area (TPSA) is 45.2 Å². The highest BCUT2D eigenvalue weighted by Gasteiger charge is 2.33. The number of hydrogen-bond acceptors (Lipinski definition) is 4. The highest BCUT2D eigenvalue weighted by atomic mass is 79.9. The molecule has 0 unspecified atom stereocenters. The number of anilines is 2. The Morgan fingerprint density at radius 1 is 1.33 bits per heavy atom. The first-order valence-electron chi connectivity index (χ1n) is 8.65. The second-order valence-electron chi connectivity index (χ2n) is 6.63. The van der Waals surface area contributed by atoms with Crippen molar-refractivity contribution in [1.82, 2.24) is 4.98 Å². The van der Waals surface area contributed by atoms with Gasteiger partial charge in [0.25, 0.3) is 5.91 Å². The number of amides is 1. The van der Waals surface area contributed by atoms with Gasteiger partial charge in [0.2, 0.25) is 5.92 Å². The van der Waals surface area contributed by atoms with Crippen molar-refractivity contribution in [3.05, 3.63) is 46.1 Å². The molecule has 3 rings (SSSR count). The van der Waals surface area contributed by atoms with E-state index in [4.69, 9.17) is 0 Å². The maximum atomic E-state index is 13.7. The fourth-order valence-corrected chi connectivity index (χ4v) is 3.66. The summed E-state index contributed by atoms with van der Waals surface area (Å²) in [6, 6.07) is 7.12. The van der Waals surface area contributed by atoms with E-state index >= 15 is 0 Å². The predicted octanol–water partition coefficient (Wildman–Crippen LogP) is 5.32. The van der Waals surface area contributed by atoms with E-state index in [1.807, 2.05) is 13.0 Å². The number of aromatic nitrogens is 1. The van der Waals surface area contributed by atoms with Crippen molar-refractivity contribution >= 4 is 46.0 Å². The van der Waals surface area contributed by atoms with Crippen molar-refractivity contribution in [3.63, 3.8) is 0 Å². The van der Waals surface area contributed by atoms with E-state index in [2.05, 4.69) is 38.9 Å². The third kappa shape index (κ3) is 4.79. The second kappa shape index (κ2) is 8.14. The summed E-state index contributed by atoms with van der Waals surface area (Å²) in [6.45, 7) is 2.41. The van der Waals surface area contributed by atoms with E-state index in [1.165, 1.54) is 0 Å². The van der Waals surface area contributed by atoms with E-state index in [-0.39, 0.29) is 25.3 Å². The van der Waals surface area contributed by atoms with Crippen molar-refractivity contribution < 1.29 is 13.6 Å². The normalized spacial score (nSPS) is 16.7. The lowest BCUT2D eigenvalue weighted by molar-refractivity contribution is -0.0102. The molecule has 1 aliphatic rings. The Labute approximate surface area is 170 Å². The summed E-state index contributed by atoms with van der Waals surface area (Å²) in [6.07, 6.45) is 1.58. The number of nitrogens with one attached hydrogen (secondary N) is 1. The lowest BCUT2D eigenvalue weighted by atomic mass is 10.1. The molecule has 0 saturated carbocycles. The Morgan fingerprint density at radius 2 is 2.11 bits per heavy atom. The molecule has 8 heteroatoms. The van der Waals surface area contributed by atoms with Crippen LogP contribution in [-0.4, -0.2) is 29.9 Å². The van der Waals surface area contributed by atoms with Crippen LogP contribution >= 0.6 is 28.6 Å². The van der Waals surface area contributed by atoms with Crippen LogP contribution in [0.2, 0.25) is 0 Å². The van der Waals surface area contributed by atoms with Crippen LogP contribution in [0, 0.1) is 6.92 Å². The molecule has 2 heterocycles. The van der Waals surface area contributed by atoms with Gasteiger partial charge in [-0.1, -0.05) is 6.07 Å². The number of halogens is 3. The largest absolute Gasteiger partial charge is 0.356 e. The second-order valence-corrected chi connectivity index (χ2v) is 8.00. The summed E-state index contributed by atoms with van der Waals surface area (Å²) in [7, 11) is 0. The number of hydrogen-bond donors (Lipinski definition) is 2. The average molecular weight is 456 g/mol. The molecule has 2 aromatic rings. The number of rotatable bonds is 3. The Morgan fingerprint density at radius 3 is 2.85 bits per heavy atom. The van der Waals surface area contributed by atoms with Gasteiger partial charge in [-0.15, -0.1) is 12.6 Å². The van der Waals surface area contributed by atoms with E-state index < -0.39 is 5.92 Å². The van der Waals surface area contributed by atoms with Crippen molar-refractivity contribution in [3.8, 4) is 0 Å². The summed E-state index contributed by atoms with van der Waals surface area (Å²) < 4.78 is 28.2. The van der Waals surface area contributed by atoms with Crippen LogP contribution in [0.15, 0.2) is 39.8 Å². The Bertz CT molecular complexity index is 863. The molecule has 27 heavy (non-hydrogen) atoms. The van der Waals surface area contributed by atoms with Crippen LogP contribution < -0.4 is 10.2 Å². The summed E-state index contributed by atoms with van der Waals surface area (Å²) in [5, 5.41) is 2.85. The first-order chi connectivity index (χ1) is 12.8. The molecule has 0 spiro atoms. The lowest BCUT2D eigenvalue weighted by Gasteiger charge is -2.25. The van der Waals surface area contributed by atoms with Crippen LogP contribution in [0.5, 0.6) is 0 Å². The molecule has 1 saturated heterocycles. The molecule has 0 atom stereocenters. The van der Waals surface area contributed by atoms with Crippen molar-refractivity contribution in [2.45, 2.75) is 37.0 Å². The van der Waals surface area contributed by atoms with Gasteiger partial charge in [0.1, 0.15) is 5.82 Å². The van der Waals surface area contributed by atoms with Gasteiger partial charge < -0.3 is 10.2 Å². The minimum absolute atomic E-state index is 0.144. The molecule has 1 aliphatic heterocycles. The van der Waals surface area contributed by atoms with Gasteiger partial charge in [0.05, 0.1) is 5.56 Å². The minimum Gasteiger partial charge on any atom is -0.356 e. The molecular formula is C19H20BrF2N3OS. The summed E-state index contributed by atoms with van der Waals surface area (Å²) in [5.74, 6) is -2.56. The van der Waals surface area contributed by atoms with Crippen molar-refractivity contribution in [1.29, 1.82) is 0 Å². The van der Waals surface area contributed by atoms with Crippen LogP contribution in [0.25, 0.3) is 0 Å². The highest BCUT2D eigenvalue weighted by molar-refractivity contribution is 9.10. The summed E-state index contributed by atoms with van der Waals surface area (Å²) in [5.41, 5.74) is 1.72. The van der Waals surface area contributed by atoms with Crippen LogP contribution in [0.1, 0.15) is 35.2 Å². The molecule has 1 aromatic carbocycles. The Hall–Kier alpha value is -1.67. The SMILES string of the molecule is Cc1c(Br)cnc(N2CCCC(F)(F)CC2)c1C(=O)Nc1cccc(S)c1. The number of nitrogens with zero attached hydrogens (tertiary/aromatic N) is 2. The van der Waals surface area contributed by atoms with Gasteiger partial charge in [-0.05, 0) is 53.0 Å². The fraction of sp³-hybridized carbons (Fsp3) is 0.368. The van der Waals surface area contributed by atoms with Crippen LogP contribution in [0.3, 0.4) is 0 Å². The monoisotopic (exact) mass is 455 g/mol. The smallest absolute Gasteiger partial charge is 0.259 e. The number of carbonyl (C=O) groups excluding carboxylic acids is 1. The van der Waals surface area contributed by atoms with Gasteiger partial charge in [0, 0.05) is 47.2 Å². The quantitative estimate of drug-likeness (QED) is 0.615. The Balaban J connectivity index is 1.94. The van der Waals surface area contributed by atoms with Crippen molar-refractivity contribution in [2.24, 2.45) is 0 Å². The number of alkyl halides is 2. The van der Waals surface area contributed by atoms with Gasteiger partial charge in [0.15, 0.2) is 0 Å². The number of pyridine rings is 1. The predicted molar refractivity (Wildman–Crippen MR) is 109 cm³/mol. The molecule has 4 nitrogen and oxygen atoms in total. The van der Waals surface area contributed by atoms with Gasteiger partial charge in [-0.2, -0.15) is 0 Å². The zero-order chi connectivity index (χ0) is 19.6. The Kier molecular flexibility index (Phi) is 6.05. The fourth-order valence-electron chi connectivity index (χ4n) is 3.13. The first kappa shape index (κ1) is 20.1. The third-order valence-electron chi connectivity index (χ3n) is 4.61. The van der Waals surface area contributed by atoms with Crippen molar-refractivity contribution in [2.75, 3.05) is 23.3 Å². The molecule has 1 amide bonds. The molecular weight excluding hydrogens is 436 g/mol. The van der Waals surface area contributed by atoms with Gasteiger partial charge in [-0.3, -0.25) is 4.79 Å². The zero-order valence-corrected chi connectivity index (χ0v) is 17.3. The van der Waals surface area contributed by atoms with E-state index in [0.717, 1.165) is 10.5 Å².